The smallest absolute Gasteiger partial charge is 0.262 e. The summed E-state index contributed by atoms with van der Waals surface area (Å²) in [7, 11) is 1.86. The van der Waals surface area contributed by atoms with E-state index < -0.39 is 0 Å². The Kier molecular flexibility index (Phi) is 7.94. The molecule has 5 nitrogen and oxygen atoms in total. The van der Waals surface area contributed by atoms with E-state index in [1.807, 2.05) is 43.1 Å². The lowest BCUT2D eigenvalue weighted by Crippen LogP contribution is -2.38. The number of hydrogen-bond acceptors (Lipinski definition) is 3. The fourth-order valence-electron chi connectivity index (χ4n) is 3.80. The van der Waals surface area contributed by atoms with Crippen molar-refractivity contribution in [2.75, 3.05) is 19.0 Å². The minimum Gasteiger partial charge on any atom is -0.482 e. The van der Waals surface area contributed by atoms with Gasteiger partial charge in [0.1, 0.15) is 5.75 Å². The van der Waals surface area contributed by atoms with Gasteiger partial charge in [-0.15, -0.1) is 0 Å². The highest BCUT2D eigenvalue weighted by molar-refractivity contribution is 9.11. The molecule has 0 bridgehead atoms. The number of halogens is 2. The predicted octanol–water partition coefficient (Wildman–Crippen LogP) is 5.94. The molecule has 0 atom stereocenters. The van der Waals surface area contributed by atoms with E-state index in [1.54, 1.807) is 12.1 Å². The van der Waals surface area contributed by atoms with Gasteiger partial charge >= 0.3 is 0 Å². The average Bonchev–Trinajstić information content (AvgIpc) is 2.73. The number of hydrogen-bond donors (Lipinski definition) is 1. The van der Waals surface area contributed by atoms with Gasteiger partial charge in [-0.3, -0.25) is 9.59 Å². The fourth-order valence-corrected chi connectivity index (χ4v) is 5.35. The number of ether oxygens (including phenoxy) is 1. The molecule has 3 rings (SSSR count). The zero-order valence-corrected chi connectivity index (χ0v) is 20.4. The lowest BCUT2D eigenvalue weighted by molar-refractivity contribution is -0.118. The van der Waals surface area contributed by atoms with E-state index in [-0.39, 0.29) is 24.5 Å². The molecule has 0 spiro atoms. The number of benzene rings is 2. The first-order valence-electron chi connectivity index (χ1n) is 10.1. The van der Waals surface area contributed by atoms with Crippen LogP contribution in [0.5, 0.6) is 5.75 Å². The second-order valence-corrected chi connectivity index (χ2v) is 9.39. The molecule has 30 heavy (non-hydrogen) atoms. The molecule has 1 aliphatic carbocycles. The summed E-state index contributed by atoms with van der Waals surface area (Å²) in [6.45, 7) is 1.76. The SMILES string of the molecule is Cc1cc(Br)cc(Br)c1OCC(=O)Nc1ccccc1C(=O)N(C)C1CCCCC1. The Morgan fingerprint density at radius 1 is 1.13 bits per heavy atom. The third-order valence-corrected chi connectivity index (χ3v) is 6.46. The van der Waals surface area contributed by atoms with Crippen molar-refractivity contribution in [1.29, 1.82) is 0 Å². The van der Waals surface area contributed by atoms with Crippen molar-refractivity contribution in [3.8, 4) is 5.75 Å². The first-order chi connectivity index (χ1) is 14.4. The van der Waals surface area contributed by atoms with Crippen LogP contribution in [-0.2, 0) is 4.79 Å². The van der Waals surface area contributed by atoms with Crippen LogP contribution in [0, 0.1) is 6.92 Å². The standard InChI is InChI=1S/C23H26Br2N2O3/c1-15-12-16(24)13-19(25)22(15)30-14-21(28)26-20-11-7-6-10-18(20)23(29)27(2)17-8-4-3-5-9-17/h6-7,10-13,17H,3-5,8-9,14H2,1-2H3,(H,26,28). The highest BCUT2D eigenvalue weighted by Crippen LogP contribution is 2.32. The monoisotopic (exact) mass is 536 g/mol. The Morgan fingerprint density at radius 2 is 1.83 bits per heavy atom. The molecule has 0 aromatic heterocycles. The van der Waals surface area contributed by atoms with Crippen molar-refractivity contribution < 1.29 is 14.3 Å². The van der Waals surface area contributed by atoms with Crippen LogP contribution in [0.15, 0.2) is 45.3 Å². The molecule has 2 amide bonds. The van der Waals surface area contributed by atoms with Crippen molar-refractivity contribution in [1.82, 2.24) is 4.90 Å². The highest BCUT2D eigenvalue weighted by atomic mass is 79.9. The maximum atomic E-state index is 13.1. The summed E-state index contributed by atoms with van der Waals surface area (Å²) in [4.78, 5) is 27.4. The van der Waals surface area contributed by atoms with Crippen LogP contribution in [0.3, 0.4) is 0 Å². The number of rotatable bonds is 6. The third kappa shape index (κ3) is 5.64. The number of aryl methyl sites for hydroxylation is 1. The van der Waals surface area contributed by atoms with Crippen LogP contribution < -0.4 is 10.1 Å². The van der Waals surface area contributed by atoms with E-state index in [1.165, 1.54) is 6.42 Å². The molecule has 2 aromatic carbocycles. The van der Waals surface area contributed by atoms with Crippen LogP contribution >= 0.6 is 31.9 Å². The van der Waals surface area contributed by atoms with Crippen LogP contribution in [0.4, 0.5) is 5.69 Å². The molecule has 1 saturated carbocycles. The summed E-state index contributed by atoms with van der Waals surface area (Å²) < 4.78 is 7.42. The summed E-state index contributed by atoms with van der Waals surface area (Å²) in [5, 5.41) is 2.83. The molecule has 0 aliphatic heterocycles. The molecule has 1 aliphatic rings. The van der Waals surface area contributed by atoms with Crippen molar-refractivity contribution in [3.05, 3.63) is 56.5 Å². The van der Waals surface area contributed by atoms with Gasteiger partial charge in [-0.1, -0.05) is 47.3 Å². The molecule has 7 heteroatoms. The Labute approximate surface area is 194 Å². The second kappa shape index (κ2) is 10.4. The van der Waals surface area contributed by atoms with Crippen LogP contribution in [0.2, 0.25) is 0 Å². The van der Waals surface area contributed by atoms with E-state index in [2.05, 4.69) is 37.2 Å². The zero-order valence-electron chi connectivity index (χ0n) is 17.2. The molecular formula is C23H26Br2N2O3. The van der Waals surface area contributed by atoms with Gasteiger partial charge in [0, 0.05) is 17.6 Å². The number of carbonyl (C=O) groups is 2. The first-order valence-corrected chi connectivity index (χ1v) is 11.7. The average molecular weight is 538 g/mol. The van der Waals surface area contributed by atoms with E-state index in [4.69, 9.17) is 4.74 Å². The number of carbonyl (C=O) groups excluding carboxylic acids is 2. The molecule has 0 saturated heterocycles. The Balaban J connectivity index is 1.67. The summed E-state index contributed by atoms with van der Waals surface area (Å²) >= 11 is 6.89. The molecular weight excluding hydrogens is 512 g/mol. The van der Waals surface area contributed by atoms with Crippen molar-refractivity contribution in [3.63, 3.8) is 0 Å². The molecule has 0 unspecified atom stereocenters. The van der Waals surface area contributed by atoms with Crippen LogP contribution in [0.25, 0.3) is 0 Å². The second-order valence-electron chi connectivity index (χ2n) is 7.62. The highest BCUT2D eigenvalue weighted by Gasteiger charge is 2.25. The normalized spacial score (nSPS) is 14.3. The number of para-hydroxylation sites is 1. The lowest BCUT2D eigenvalue weighted by atomic mass is 9.94. The van der Waals surface area contributed by atoms with E-state index in [0.29, 0.717) is 17.0 Å². The molecule has 0 heterocycles. The first kappa shape index (κ1) is 22.8. The summed E-state index contributed by atoms with van der Waals surface area (Å²) in [5.41, 5.74) is 1.92. The number of nitrogens with one attached hydrogen (secondary N) is 1. The van der Waals surface area contributed by atoms with Gasteiger partial charge in [0.15, 0.2) is 6.61 Å². The maximum absolute atomic E-state index is 13.1. The number of amides is 2. The lowest BCUT2D eigenvalue weighted by Gasteiger charge is -2.31. The largest absolute Gasteiger partial charge is 0.482 e. The van der Waals surface area contributed by atoms with Crippen LogP contribution in [0.1, 0.15) is 48.0 Å². The summed E-state index contributed by atoms with van der Waals surface area (Å²) in [6, 6.07) is 11.2. The van der Waals surface area contributed by atoms with Crippen LogP contribution in [-0.4, -0.2) is 36.4 Å². The molecule has 160 valence electrons. The van der Waals surface area contributed by atoms with Gasteiger partial charge in [0.2, 0.25) is 0 Å². The van der Waals surface area contributed by atoms with Crippen molar-refractivity contribution >= 4 is 49.4 Å². The van der Waals surface area contributed by atoms with Gasteiger partial charge < -0.3 is 15.0 Å². The Bertz CT molecular complexity index is 903. The van der Waals surface area contributed by atoms with Gasteiger partial charge in [0.25, 0.3) is 11.8 Å². The quantitative estimate of drug-likeness (QED) is 0.496. The maximum Gasteiger partial charge on any atom is 0.262 e. The molecule has 1 N–H and O–H groups in total. The minimum atomic E-state index is -0.315. The molecule has 2 aromatic rings. The van der Waals surface area contributed by atoms with Crippen molar-refractivity contribution in [2.45, 2.75) is 45.1 Å². The number of anilines is 1. The van der Waals surface area contributed by atoms with Gasteiger partial charge in [-0.05, 0) is 65.5 Å². The van der Waals surface area contributed by atoms with E-state index >= 15 is 0 Å². The zero-order chi connectivity index (χ0) is 21.7. The topological polar surface area (TPSA) is 58.6 Å². The van der Waals surface area contributed by atoms with E-state index in [9.17, 15) is 9.59 Å². The van der Waals surface area contributed by atoms with Gasteiger partial charge in [-0.2, -0.15) is 0 Å². The Hall–Kier alpha value is -1.86. The fraction of sp³-hybridized carbons (Fsp3) is 0.391. The van der Waals surface area contributed by atoms with Crippen molar-refractivity contribution in [2.24, 2.45) is 0 Å². The van der Waals surface area contributed by atoms with Gasteiger partial charge in [0.05, 0.1) is 15.7 Å². The number of nitrogens with zero attached hydrogens (tertiary/aromatic N) is 1. The third-order valence-electron chi connectivity index (χ3n) is 5.42. The van der Waals surface area contributed by atoms with E-state index in [0.717, 1.165) is 40.2 Å². The predicted molar refractivity (Wildman–Crippen MR) is 126 cm³/mol. The molecule has 1 fully saturated rings. The summed E-state index contributed by atoms with van der Waals surface area (Å²) in [6.07, 6.45) is 5.61. The Morgan fingerprint density at radius 3 is 2.53 bits per heavy atom. The minimum absolute atomic E-state index is 0.0646. The molecule has 0 radical (unpaired) electrons. The summed E-state index contributed by atoms with van der Waals surface area (Å²) in [5.74, 6) is 0.241. The van der Waals surface area contributed by atoms with Gasteiger partial charge in [-0.25, -0.2) is 0 Å².